The van der Waals surface area contributed by atoms with E-state index in [9.17, 15) is 9.90 Å². The summed E-state index contributed by atoms with van der Waals surface area (Å²) in [6.07, 6.45) is 1.89. The van der Waals surface area contributed by atoms with Crippen molar-refractivity contribution < 1.29 is 9.90 Å². The van der Waals surface area contributed by atoms with Gasteiger partial charge in [0.15, 0.2) is 0 Å². The molecule has 0 aliphatic carbocycles. The van der Waals surface area contributed by atoms with Crippen molar-refractivity contribution in [3.8, 4) is 11.4 Å². The summed E-state index contributed by atoms with van der Waals surface area (Å²) in [5.74, 6) is 0.460. The van der Waals surface area contributed by atoms with Gasteiger partial charge < -0.3 is 15.0 Å². The normalized spacial score (nSPS) is 10.8. The van der Waals surface area contributed by atoms with Gasteiger partial charge in [-0.05, 0) is 25.5 Å². The third-order valence-electron chi connectivity index (χ3n) is 3.62. The van der Waals surface area contributed by atoms with Crippen molar-refractivity contribution in [2.75, 3.05) is 19.7 Å². The van der Waals surface area contributed by atoms with Crippen LogP contribution in [0.15, 0.2) is 24.3 Å². The van der Waals surface area contributed by atoms with E-state index in [0.29, 0.717) is 35.3 Å². The van der Waals surface area contributed by atoms with Crippen molar-refractivity contribution in [2.24, 2.45) is 0 Å². The molecule has 1 heterocycles. The summed E-state index contributed by atoms with van der Waals surface area (Å²) >= 11 is 6.01. The molecule has 1 aromatic heterocycles. The van der Waals surface area contributed by atoms with Crippen LogP contribution in [0.1, 0.15) is 35.9 Å². The minimum absolute atomic E-state index is 0.0555. The Hall–Kier alpha value is -1.85. The van der Waals surface area contributed by atoms with Gasteiger partial charge in [0.2, 0.25) is 0 Å². The highest BCUT2D eigenvalue weighted by Gasteiger charge is 2.21. The number of aromatic amines is 1. The standard InChI is InChI=1S/C17H22ClN3O2/c1-3-4-8-21(9-10-22)17(23)15-12(2)19-16(20-15)13-6-5-7-14(18)11-13/h5-7,11,22H,3-4,8-10H2,1-2H3,(H,19,20). The molecule has 1 aromatic carbocycles. The summed E-state index contributed by atoms with van der Waals surface area (Å²) in [4.78, 5) is 21.9. The molecule has 0 aliphatic rings. The second-order valence-electron chi connectivity index (χ2n) is 5.44. The summed E-state index contributed by atoms with van der Waals surface area (Å²) in [6.45, 7) is 4.77. The van der Waals surface area contributed by atoms with E-state index in [-0.39, 0.29) is 12.5 Å². The molecule has 1 amide bonds. The van der Waals surface area contributed by atoms with E-state index in [2.05, 4.69) is 16.9 Å². The average Bonchev–Trinajstić information content (AvgIpc) is 2.92. The highest BCUT2D eigenvalue weighted by Crippen LogP contribution is 2.22. The monoisotopic (exact) mass is 335 g/mol. The Balaban J connectivity index is 2.27. The number of H-pyrrole nitrogens is 1. The Labute approximate surface area is 141 Å². The predicted molar refractivity (Wildman–Crippen MR) is 91.7 cm³/mol. The van der Waals surface area contributed by atoms with Crippen molar-refractivity contribution in [3.05, 3.63) is 40.7 Å². The van der Waals surface area contributed by atoms with Gasteiger partial charge >= 0.3 is 0 Å². The molecule has 6 heteroatoms. The summed E-state index contributed by atoms with van der Waals surface area (Å²) in [5, 5.41) is 9.80. The molecular formula is C17H22ClN3O2. The smallest absolute Gasteiger partial charge is 0.274 e. The molecule has 124 valence electrons. The summed E-state index contributed by atoms with van der Waals surface area (Å²) < 4.78 is 0. The van der Waals surface area contributed by atoms with Gasteiger partial charge in [0, 0.05) is 29.4 Å². The van der Waals surface area contributed by atoms with Crippen LogP contribution in [-0.4, -0.2) is 45.6 Å². The number of aliphatic hydroxyl groups is 1. The van der Waals surface area contributed by atoms with E-state index in [1.54, 1.807) is 17.0 Å². The van der Waals surface area contributed by atoms with Gasteiger partial charge in [0.05, 0.1) is 6.61 Å². The van der Waals surface area contributed by atoms with E-state index in [4.69, 9.17) is 11.6 Å². The van der Waals surface area contributed by atoms with Crippen LogP contribution in [0.2, 0.25) is 5.02 Å². The van der Waals surface area contributed by atoms with Gasteiger partial charge in [-0.3, -0.25) is 4.79 Å². The van der Waals surface area contributed by atoms with Crippen molar-refractivity contribution in [1.82, 2.24) is 14.9 Å². The zero-order chi connectivity index (χ0) is 16.8. The van der Waals surface area contributed by atoms with Crippen LogP contribution in [-0.2, 0) is 0 Å². The Morgan fingerprint density at radius 3 is 2.83 bits per heavy atom. The lowest BCUT2D eigenvalue weighted by Gasteiger charge is -2.20. The number of imidazole rings is 1. The molecule has 0 spiro atoms. The van der Waals surface area contributed by atoms with Crippen LogP contribution in [0.4, 0.5) is 0 Å². The molecule has 0 aliphatic heterocycles. The molecule has 0 atom stereocenters. The second kappa shape index (κ2) is 8.13. The number of aromatic nitrogens is 2. The van der Waals surface area contributed by atoms with Crippen molar-refractivity contribution in [2.45, 2.75) is 26.7 Å². The fraction of sp³-hybridized carbons (Fsp3) is 0.412. The van der Waals surface area contributed by atoms with Crippen LogP contribution in [0.3, 0.4) is 0 Å². The zero-order valence-electron chi connectivity index (χ0n) is 13.5. The number of benzene rings is 1. The SMILES string of the molecule is CCCCN(CCO)C(=O)c1nc(-c2cccc(Cl)c2)[nH]c1C. The van der Waals surface area contributed by atoms with Crippen molar-refractivity contribution in [1.29, 1.82) is 0 Å². The van der Waals surface area contributed by atoms with Crippen LogP contribution < -0.4 is 0 Å². The minimum Gasteiger partial charge on any atom is -0.395 e. The van der Waals surface area contributed by atoms with Gasteiger partial charge in [-0.1, -0.05) is 37.1 Å². The molecule has 2 aromatic rings. The van der Waals surface area contributed by atoms with Crippen molar-refractivity contribution in [3.63, 3.8) is 0 Å². The topological polar surface area (TPSA) is 69.2 Å². The van der Waals surface area contributed by atoms with Gasteiger partial charge in [-0.25, -0.2) is 4.98 Å². The molecular weight excluding hydrogens is 314 g/mol. The van der Waals surface area contributed by atoms with E-state index in [1.165, 1.54) is 0 Å². The average molecular weight is 336 g/mol. The summed E-state index contributed by atoms with van der Waals surface area (Å²) in [7, 11) is 0. The van der Waals surface area contributed by atoms with E-state index < -0.39 is 0 Å². The molecule has 0 saturated carbocycles. The highest BCUT2D eigenvalue weighted by molar-refractivity contribution is 6.30. The molecule has 0 radical (unpaired) electrons. The lowest BCUT2D eigenvalue weighted by atomic mass is 10.2. The Morgan fingerprint density at radius 2 is 2.17 bits per heavy atom. The number of halogens is 1. The Morgan fingerprint density at radius 1 is 1.39 bits per heavy atom. The lowest BCUT2D eigenvalue weighted by Crippen LogP contribution is -2.35. The number of hydrogen-bond acceptors (Lipinski definition) is 3. The number of carbonyl (C=O) groups is 1. The quantitative estimate of drug-likeness (QED) is 0.815. The maximum absolute atomic E-state index is 12.7. The largest absolute Gasteiger partial charge is 0.395 e. The van der Waals surface area contributed by atoms with Crippen LogP contribution in [0, 0.1) is 6.92 Å². The lowest BCUT2D eigenvalue weighted by molar-refractivity contribution is 0.0713. The predicted octanol–water partition coefficient (Wildman–Crippen LogP) is 3.27. The highest BCUT2D eigenvalue weighted by atomic mass is 35.5. The van der Waals surface area contributed by atoms with Gasteiger partial charge in [-0.2, -0.15) is 0 Å². The maximum atomic E-state index is 12.7. The molecule has 23 heavy (non-hydrogen) atoms. The fourth-order valence-corrected chi connectivity index (χ4v) is 2.57. The van der Waals surface area contributed by atoms with Gasteiger partial charge in [-0.15, -0.1) is 0 Å². The van der Waals surface area contributed by atoms with Gasteiger partial charge in [0.1, 0.15) is 11.5 Å². The van der Waals surface area contributed by atoms with Crippen molar-refractivity contribution >= 4 is 17.5 Å². The number of aliphatic hydroxyl groups excluding tert-OH is 1. The maximum Gasteiger partial charge on any atom is 0.274 e. The number of hydrogen-bond donors (Lipinski definition) is 2. The molecule has 0 fully saturated rings. The van der Waals surface area contributed by atoms with Crippen LogP contribution in [0.5, 0.6) is 0 Å². The Kier molecular flexibility index (Phi) is 6.19. The van der Waals surface area contributed by atoms with E-state index in [1.807, 2.05) is 19.1 Å². The second-order valence-corrected chi connectivity index (χ2v) is 5.88. The number of carbonyl (C=O) groups excluding carboxylic acids is 1. The number of nitrogens with one attached hydrogen (secondary N) is 1. The molecule has 0 saturated heterocycles. The third kappa shape index (κ3) is 4.33. The molecule has 0 bridgehead atoms. The van der Waals surface area contributed by atoms with Crippen LogP contribution in [0.25, 0.3) is 11.4 Å². The number of nitrogens with zero attached hydrogens (tertiary/aromatic N) is 2. The molecule has 0 unspecified atom stereocenters. The summed E-state index contributed by atoms with van der Waals surface area (Å²) in [5.41, 5.74) is 1.94. The first-order chi connectivity index (χ1) is 11.1. The molecule has 2 rings (SSSR count). The first-order valence-electron chi connectivity index (χ1n) is 7.79. The number of amides is 1. The zero-order valence-corrected chi connectivity index (χ0v) is 14.2. The molecule has 5 nitrogen and oxygen atoms in total. The van der Waals surface area contributed by atoms with E-state index >= 15 is 0 Å². The third-order valence-corrected chi connectivity index (χ3v) is 3.86. The number of aryl methyl sites for hydroxylation is 1. The van der Waals surface area contributed by atoms with Gasteiger partial charge in [0.25, 0.3) is 5.91 Å². The number of rotatable bonds is 7. The van der Waals surface area contributed by atoms with E-state index in [0.717, 1.165) is 18.4 Å². The Bertz CT molecular complexity index is 670. The first kappa shape index (κ1) is 17.5. The fourth-order valence-electron chi connectivity index (χ4n) is 2.38. The first-order valence-corrected chi connectivity index (χ1v) is 8.17. The minimum atomic E-state index is -0.158. The summed E-state index contributed by atoms with van der Waals surface area (Å²) in [6, 6.07) is 7.33. The van der Waals surface area contributed by atoms with Crippen LogP contribution >= 0.6 is 11.6 Å². The molecule has 2 N–H and O–H groups in total. The number of unbranched alkanes of at least 4 members (excludes halogenated alkanes) is 1.